The van der Waals surface area contributed by atoms with Crippen LogP contribution in [0.2, 0.25) is 10.0 Å². The normalized spacial score (nSPS) is 10.1. The van der Waals surface area contributed by atoms with Crippen molar-refractivity contribution in [1.82, 2.24) is 0 Å². The highest BCUT2D eigenvalue weighted by Crippen LogP contribution is 2.29. The van der Waals surface area contributed by atoms with Gasteiger partial charge in [-0.15, -0.1) is 0 Å². The molecule has 0 bridgehead atoms. The zero-order valence-electron chi connectivity index (χ0n) is 8.09. The lowest BCUT2D eigenvalue weighted by Gasteiger charge is -2.07. The molecule has 1 aromatic carbocycles. The number of nitrogens with one attached hydrogen (secondary N) is 1. The van der Waals surface area contributed by atoms with Gasteiger partial charge in [0.05, 0.1) is 15.7 Å². The molecule has 0 heterocycles. The van der Waals surface area contributed by atoms with Crippen LogP contribution in [0.15, 0.2) is 18.2 Å². The van der Waals surface area contributed by atoms with E-state index in [0.717, 1.165) is 0 Å². The minimum Gasteiger partial charge on any atom is -0.330 e. The fourth-order valence-electron chi connectivity index (χ4n) is 1.08. The molecule has 0 radical (unpaired) electrons. The standard InChI is InChI=1S/C10H12Cl2N2O/c11-7-3-1-4-8(10(7)12)14-9(15)5-2-6-13/h1,3-4H,2,5-6,13H2,(H,14,15). The molecular weight excluding hydrogens is 235 g/mol. The average molecular weight is 247 g/mol. The molecule has 0 atom stereocenters. The predicted octanol–water partition coefficient (Wildman–Crippen LogP) is 2.67. The number of hydrogen-bond donors (Lipinski definition) is 2. The van der Waals surface area contributed by atoms with Crippen molar-refractivity contribution in [2.75, 3.05) is 11.9 Å². The quantitative estimate of drug-likeness (QED) is 0.859. The summed E-state index contributed by atoms with van der Waals surface area (Å²) in [4.78, 5) is 11.4. The molecule has 0 aliphatic rings. The Morgan fingerprint density at radius 1 is 1.40 bits per heavy atom. The molecule has 0 aliphatic carbocycles. The van der Waals surface area contributed by atoms with Crippen molar-refractivity contribution in [2.24, 2.45) is 5.73 Å². The highest BCUT2D eigenvalue weighted by atomic mass is 35.5. The number of carbonyl (C=O) groups is 1. The van der Waals surface area contributed by atoms with Gasteiger partial charge in [-0.2, -0.15) is 0 Å². The lowest BCUT2D eigenvalue weighted by atomic mass is 10.2. The number of anilines is 1. The zero-order valence-corrected chi connectivity index (χ0v) is 9.61. The molecule has 0 saturated heterocycles. The number of carbonyl (C=O) groups excluding carboxylic acids is 1. The van der Waals surface area contributed by atoms with Crippen LogP contribution in [-0.4, -0.2) is 12.5 Å². The lowest BCUT2D eigenvalue weighted by molar-refractivity contribution is -0.116. The summed E-state index contributed by atoms with van der Waals surface area (Å²) < 4.78 is 0. The summed E-state index contributed by atoms with van der Waals surface area (Å²) in [6, 6.07) is 5.10. The van der Waals surface area contributed by atoms with Crippen molar-refractivity contribution in [2.45, 2.75) is 12.8 Å². The Bertz CT molecular complexity index is 355. The number of benzene rings is 1. The summed E-state index contributed by atoms with van der Waals surface area (Å²) in [5.41, 5.74) is 5.83. The van der Waals surface area contributed by atoms with Gasteiger partial charge in [-0.1, -0.05) is 29.3 Å². The Hall–Kier alpha value is -0.770. The van der Waals surface area contributed by atoms with E-state index in [2.05, 4.69) is 5.32 Å². The van der Waals surface area contributed by atoms with Crippen molar-refractivity contribution < 1.29 is 4.79 Å². The van der Waals surface area contributed by atoms with Gasteiger partial charge in [0.25, 0.3) is 0 Å². The second-order valence-electron chi connectivity index (χ2n) is 3.04. The van der Waals surface area contributed by atoms with Crippen LogP contribution in [0.25, 0.3) is 0 Å². The first-order valence-corrected chi connectivity index (χ1v) is 5.34. The van der Waals surface area contributed by atoms with Gasteiger partial charge in [-0.05, 0) is 25.1 Å². The molecule has 0 spiro atoms. The van der Waals surface area contributed by atoms with Crippen LogP contribution in [-0.2, 0) is 4.79 Å². The van der Waals surface area contributed by atoms with E-state index in [1.165, 1.54) is 0 Å². The molecule has 5 heteroatoms. The van der Waals surface area contributed by atoms with Gasteiger partial charge in [-0.3, -0.25) is 4.79 Å². The minimum atomic E-state index is -0.107. The molecule has 0 saturated carbocycles. The second-order valence-corrected chi connectivity index (χ2v) is 3.83. The third-order valence-corrected chi connectivity index (χ3v) is 2.65. The summed E-state index contributed by atoms with van der Waals surface area (Å²) in [6.07, 6.45) is 1.05. The van der Waals surface area contributed by atoms with E-state index in [0.29, 0.717) is 35.1 Å². The van der Waals surface area contributed by atoms with Crippen LogP contribution >= 0.6 is 23.2 Å². The Kier molecular flexibility index (Phi) is 4.88. The fourth-order valence-corrected chi connectivity index (χ4v) is 1.42. The largest absolute Gasteiger partial charge is 0.330 e. The molecule has 3 N–H and O–H groups in total. The minimum absolute atomic E-state index is 0.107. The lowest BCUT2D eigenvalue weighted by Crippen LogP contribution is -2.13. The van der Waals surface area contributed by atoms with Crippen LogP contribution < -0.4 is 11.1 Å². The molecular formula is C10H12Cl2N2O. The van der Waals surface area contributed by atoms with Gasteiger partial charge < -0.3 is 11.1 Å². The van der Waals surface area contributed by atoms with E-state index >= 15 is 0 Å². The van der Waals surface area contributed by atoms with Gasteiger partial charge in [0, 0.05) is 6.42 Å². The van der Waals surface area contributed by atoms with Crippen LogP contribution in [0.5, 0.6) is 0 Å². The summed E-state index contributed by atoms with van der Waals surface area (Å²) >= 11 is 11.7. The first-order valence-electron chi connectivity index (χ1n) is 4.59. The van der Waals surface area contributed by atoms with E-state index in [1.54, 1.807) is 18.2 Å². The summed E-state index contributed by atoms with van der Waals surface area (Å²) in [6.45, 7) is 0.497. The van der Waals surface area contributed by atoms with E-state index < -0.39 is 0 Å². The molecule has 0 fully saturated rings. The second kappa shape index (κ2) is 5.95. The molecule has 0 unspecified atom stereocenters. The van der Waals surface area contributed by atoms with Gasteiger partial charge in [-0.25, -0.2) is 0 Å². The van der Waals surface area contributed by atoms with Crippen molar-refractivity contribution >= 4 is 34.8 Å². The average Bonchev–Trinajstić information content (AvgIpc) is 2.22. The summed E-state index contributed by atoms with van der Waals surface area (Å²) in [5.74, 6) is -0.107. The monoisotopic (exact) mass is 246 g/mol. The Morgan fingerprint density at radius 3 is 2.80 bits per heavy atom. The number of halogens is 2. The molecule has 82 valence electrons. The van der Waals surface area contributed by atoms with Crippen LogP contribution in [0.4, 0.5) is 5.69 Å². The van der Waals surface area contributed by atoms with E-state index in [-0.39, 0.29) is 5.91 Å². The third kappa shape index (κ3) is 3.70. The van der Waals surface area contributed by atoms with Gasteiger partial charge in [0.1, 0.15) is 0 Å². The first-order chi connectivity index (χ1) is 7.15. The maximum absolute atomic E-state index is 11.4. The van der Waals surface area contributed by atoms with E-state index in [9.17, 15) is 4.79 Å². The molecule has 0 aromatic heterocycles. The summed E-state index contributed by atoms with van der Waals surface area (Å²) in [5, 5.41) is 3.46. The van der Waals surface area contributed by atoms with Crippen LogP contribution in [0.1, 0.15) is 12.8 Å². The molecule has 15 heavy (non-hydrogen) atoms. The molecule has 1 rings (SSSR count). The van der Waals surface area contributed by atoms with Crippen molar-refractivity contribution in [3.63, 3.8) is 0 Å². The smallest absolute Gasteiger partial charge is 0.224 e. The number of nitrogens with two attached hydrogens (primary N) is 1. The topological polar surface area (TPSA) is 55.1 Å². The van der Waals surface area contributed by atoms with Crippen LogP contribution in [0.3, 0.4) is 0 Å². The van der Waals surface area contributed by atoms with Gasteiger partial charge in [0.15, 0.2) is 0 Å². The third-order valence-electron chi connectivity index (χ3n) is 1.83. The number of hydrogen-bond acceptors (Lipinski definition) is 2. The Labute approximate surface area is 98.5 Å². The first kappa shape index (κ1) is 12.3. The molecule has 1 aromatic rings. The van der Waals surface area contributed by atoms with Gasteiger partial charge in [0.2, 0.25) is 5.91 Å². The number of amides is 1. The molecule has 1 amide bonds. The molecule has 3 nitrogen and oxygen atoms in total. The highest BCUT2D eigenvalue weighted by molar-refractivity contribution is 6.43. The Balaban J connectivity index is 2.64. The van der Waals surface area contributed by atoms with E-state index in [4.69, 9.17) is 28.9 Å². The van der Waals surface area contributed by atoms with E-state index in [1.807, 2.05) is 0 Å². The van der Waals surface area contributed by atoms with Gasteiger partial charge >= 0.3 is 0 Å². The summed E-state index contributed by atoms with van der Waals surface area (Å²) in [7, 11) is 0. The maximum atomic E-state index is 11.4. The fraction of sp³-hybridized carbons (Fsp3) is 0.300. The zero-order chi connectivity index (χ0) is 11.3. The molecule has 0 aliphatic heterocycles. The predicted molar refractivity (Wildman–Crippen MR) is 63.4 cm³/mol. The Morgan fingerprint density at radius 2 is 2.13 bits per heavy atom. The SMILES string of the molecule is NCCCC(=O)Nc1cccc(Cl)c1Cl. The number of rotatable bonds is 4. The van der Waals surface area contributed by atoms with Crippen molar-refractivity contribution in [1.29, 1.82) is 0 Å². The highest BCUT2D eigenvalue weighted by Gasteiger charge is 2.07. The van der Waals surface area contributed by atoms with Crippen molar-refractivity contribution in [3.05, 3.63) is 28.2 Å². The van der Waals surface area contributed by atoms with Crippen molar-refractivity contribution in [3.8, 4) is 0 Å². The maximum Gasteiger partial charge on any atom is 0.224 e. The van der Waals surface area contributed by atoms with Crippen LogP contribution in [0, 0.1) is 0 Å².